The van der Waals surface area contributed by atoms with Gasteiger partial charge in [-0.25, -0.2) is 0 Å². The summed E-state index contributed by atoms with van der Waals surface area (Å²) in [4.78, 5) is 2.59. The Hall–Kier alpha value is -0.120. The Labute approximate surface area is 107 Å². The first-order chi connectivity index (χ1) is 8.22. The summed E-state index contributed by atoms with van der Waals surface area (Å²) < 4.78 is 5.26. The zero-order chi connectivity index (χ0) is 12.7. The number of methoxy groups -OCH3 is 1. The third-order valence-corrected chi connectivity index (χ3v) is 3.98. The van der Waals surface area contributed by atoms with Crippen molar-refractivity contribution in [3.8, 4) is 0 Å². The summed E-state index contributed by atoms with van der Waals surface area (Å²) in [5, 5.41) is 3.71. The van der Waals surface area contributed by atoms with Gasteiger partial charge < -0.3 is 10.1 Å². The Bertz CT molecular complexity index is 199. The number of hydrogen-bond donors (Lipinski definition) is 1. The lowest BCUT2D eigenvalue weighted by atomic mass is 9.89. The molecule has 1 heterocycles. The van der Waals surface area contributed by atoms with E-state index in [0.717, 1.165) is 25.1 Å². The maximum atomic E-state index is 5.26. The van der Waals surface area contributed by atoms with Crippen molar-refractivity contribution in [2.45, 2.75) is 52.1 Å². The lowest BCUT2D eigenvalue weighted by molar-refractivity contribution is 0.0540. The molecule has 3 unspecified atom stereocenters. The van der Waals surface area contributed by atoms with Crippen molar-refractivity contribution in [2.75, 3.05) is 33.4 Å². The fraction of sp³-hybridized carbons (Fsp3) is 1.00. The molecule has 0 saturated carbocycles. The first-order valence-electron chi connectivity index (χ1n) is 7.19. The second kappa shape index (κ2) is 8.06. The van der Waals surface area contributed by atoms with Crippen LogP contribution in [-0.2, 0) is 4.74 Å². The summed E-state index contributed by atoms with van der Waals surface area (Å²) in [5.74, 6) is 0.801. The van der Waals surface area contributed by atoms with Gasteiger partial charge in [-0.2, -0.15) is 0 Å². The van der Waals surface area contributed by atoms with Crippen molar-refractivity contribution in [3.05, 3.63) is 0 Å². The molecule has 0 radical (unpaired) electrons. The molecule has 3 nitrogen and oxygen atoms in total. The Kier molecular flexibility index (Phi) is 7.09. The number of nitrogens with zero attached hydrogens (tertiary/aromatic N) is 1. The second-order valence-corrected chi connectivity index (χ2v) is 5.32. The number of likely N-dealkylation sites (tertiary alicyclic amines) is 1. The number of rotatable bonds is 7. The third-order valence-electron chi connectivity index (χ3n) is 3.98. The van der Waals surface area contributed by atoms with Gasteiger partial charge in [0.05, 0.1) is 6.61 Å². The molecule has 1 saturated heterocycles. The van der Waals surface area contributed by atoms with E-state index in [1.54, 1.807) is 7.11 Å². The topological polar surface area (TPSA) is 24.5 Å². The van der Waals surface area contributed by atoms with E-state index in [1.165, 1.54) is 32.4 Å². The van der Waals surface area contributed by atoms with E-state index in [4.69, 9.17) is 4.74 Å². The molecule has 0 aromatic rings. The van der Waals surface area contributed by atoms with Crippen LogP contribution in [0.1, 0.15) is 40.0 Å². The lowest BCUT2D eigenvalue weighted by Crippen LogP contribution is -2.52. The molecule has 1 aliphatic heterocycles. The molecule has 0 aromatic heterocycles. The molecule has 1 fully saturated rings. The van der Waals surface area contributed by atoms with Crippen LogP contribution >= 0.6 is 0 Å². The van der Waals surface area contributed by atoms with Crippen LogP contribution in [0.5, 0.6) is 0 Å². The predicted octanol–water partition coefficient (Wildman–Crippen LogP) is 2.12. The third kappa shape index (κ3) is 4.57. The Morgan fingerprint density at radius 1 is 1.41 bits per heavy atom. The highest BCUT2D eigenvalue weighted by Crippen LogP contribution is 2.22. The fourth-order valence-electron chi connectivity index (χ4n) is 2.82. The first-order valence-corrected chi connectivity index (χ1v) is 7.19. The Morgan fingerprint density at radius 3 is 2.76 bits per heavy atom. The van der Waals surface area contributed by atoms with E-state index < -0.39 is 0 Å². The highest BCUT2D eigenvalue weighted by Gasteiger charge is 2.29. The van der Waals surface area contributed by atoms with Crippen molar-refractivity contribution in [1.82, 2.24) is 10.2 Å². The van der Waals surface area contributed by atoms with Crippen molar-refractivity contribution < 1.29 is 4.74 Å². The van der Waals surface area contributed by atoms with Gasteiger partial charge in [0, 0.05) is 32.3 Å². The molecule has 0 bridgehead atoms. The lowest BCUT2D eigenvalue weighted by Gasteiger charge is -2.41. The van der Waals surface area contributed by atoms with Crippen LogP contribution in [0.4, 0.5) is 0 Å². The predicted molar refractivity (Wildman–Crippen MR) is 73.4 cm³/mol. The van der Waals surface area contributed by atoms with Crippen LogP contribution in [0.3, 0.4) is 0 Å². The van der Waals surface area contributed by atoms with Gasteiger partial charge in [-0.15, -0.1) is 0 Å². The fourth-order valence-corrected chi connectivity index (χ4v) is 2.82. The molecule has 0 amide bonds. The minimum absolute atomic E-state index is 0.557. The van der Waals surface area contributed by atoms with Crippen LogP contribution < -0.4 is 5.32 Å². The molecular formula is C14H30N2O. The molecule has 1 N–H and O–H groups in total. The summed E-state index contributed by atoms with van der Waals surface area (Å²) in [6.45, 7) is 11.3. The Balaban J connectivity index is 2.42. The van der Waals surface area contributed by atoms with Gasteiger partial charge in [0.2, 0.25) is 0 Å². The smallest absolute Gasteiger partial charge is 0.0615 e. The molecule has 0 spiro atoms. The van der Waals surface area contributed by atoms with Crippen molar-refractivity contribution >= 4 is 0 Å². The maximum Gasteiger partial charge on any atom is 0.0615 e. The molecule has 17 heavy (non-hydrogen) atoms. The van der Waals surface area contributed by atoms with Gasteiger partial charge in [-0.1, -0.05) is 20.3 Å². The average molecular weight is 242 g/mol. The number of nitrogens with one attached hydrogen (secondary N) is 1. The van der Waals surface area contributed by atoms with E-state index in [0.29, 0.717) is 6.04 Å². The summed E-state index contributed by atoms with van der Waals surface area (Å²) in [6, 6.07) is 1.28. The molecule has 3 atom stereocenters. The van der Waals surface area contributed by atoms with Crippen molar-refractivity contribution in [3.63, 3.8) is 0 Å². The van der Waals surface area contributed by atoms with E-state index in [1.807, 2.05) is 0 Å². The minimum atomic E-state index is 0.557. The molecule has 3 heteroatoms. The van der Waals surface area contributed by atoms with E-state index >= 15 is 0 Å². The summed E-state index contributed by atoms with van der Waals surface area (Å²) >= 11 is 0. The number of ether oxygens (including phenoxy) is 1. The van der Waals surface area contributed by atoms with E-state index in [2.05, 4.69) is 31.0 Å². The SMILES string of the molecule is CCCNC1CCN(C(C)COC)CC1CC. The normalized spacial score (nSPS) is 28.2. The van der Waals surface area contributed by atoms with Gasteiger partial charge in [-0.3, -0.25) is 4.90 Å². The second-order valence-electron chi connectivity index (χ2n) is 5.32. The number of piperidine rings is 1. The van der Waals surface area contributed by atoms with Gasteiger partial charge in [0.15, 0.2) is 0 Å². The molecule has 0 aliphatic carbocycles. The highest BCUT2D eigenvalue weighted by molar-refractivity contribution is 4.86. The van der Waals surface area contributed by atoms with Crippen molar-refractivity contribution in [1.29, 1.82) is 0 Å². The van der Waals surface area contributed by atoms with E-state index in [9.17, 15) is 0 Å². The maximum absolute atomic E-state index is 5.26. The van der Waals surface area contributed by atoms with Crippen molar-refractivity contribution in [2.24, 2.45) is 5.92 Å². The van der Waals surface area contributed by atoms with Crippen LogP contribution in [0.25, 0.3) is 0 Å². The molecule has 102 valence electrons. The molecule has 0 aromatic carbocycles. The van der Waals surface area contributed by atoms with Gasteiger partial charge in [0.25, 0.3) is 0 Å². The van der Waals surface area contributed by atoms with Crippen LogP contribution in [0.15, 0.2) is 0 Å². The van der Waals surface area contributed by atoms with Gasteiger partial charge >= 0.3 is 0 Å². The van der Waals surface area contributed by atoms with Crippen LogP contribution in [0.2, 0.25) is 0 Å². The summed E-state index contributed by atoms with van der Waals surface area (Å²) in [7, 11) is 1.79. The highest BCUT2D eigenvalue weighted by atomic mass is 16.5. The first kappa shape index (κ1) is 14.9. The number of hydrogen-bond acceptors (Lipinski definition) is 3. The molecular weight excluding hydrogens is 212 g/mol. The zero-order valence-corrected chi connectivity index (χ0v) is 12.0. The summed E-state index contributed by atoms with van der Waals surface area (Å²) in [6.07, 6.45) is 3.79. The zero-order valence-electron chi connectivity index (χ0n) is 12.0. The standard InChI is InChI=1S/C14H30N2O/c1-5-8-15-14-7-9-16(10-13(14)6-2)12(3)11-17-4/h12-15H,5-11H2,1-4H3. The average Bonchev–Trinajstić information content (AvgIpc) is 2.36. The molecule has 1 aliphatic rings. The Morgan fingerprint density at radius 2 is 2.18 bits per heavy atom. The minimum Gasteiger partial charge on any atom is -0.383 e. The summed E-state index contributed by atoms with van der Waals surface area (Å²) in [5.41, 5.74) is 0. The quantitative estimate of drug-likeness (QED) is 0.740. The largest absolute Gasteiger partial charge is 0.383 e. The van der Waals surface area contributed by atoms with Crippen LogP contribution in [-0.4, -0.2) is 50.3 Å². The monoisotopic (exact) mass is 242 g/mol. The van der Waals surface area contributed by atoms with Gasteiger partial charge in [0.1, 0.15) is 0 Å². The van der Waals surface area contributed by atoms with E-state index in [-0.39, 0.29) is 0 Å². The van der Waals surface area contributed by atoms with Gasteiger partial charge in [-0.05, 0) is 32.2 Å². The molecule has 1 rings (SSSR count). The van der Waals surface area contributed by atoms with Crippen LogP contribution in [0, 0.1) is 5.92 Å².